The molecule has 88 valence electrons. The van der Waals surface area contributed by atoms with E-state index in [0.29, 0.717) is 5.22 Å². The average Bonchev–Trinajstić information content (AvgIpc) is 2.72. The Kier molecular flexibility index (Phi) is 2.78. The van der Waals surface area contributed by atoms with E-state index in [4.69, 9.17) is 4.74 Å². The molecule has 0 unspecified atom stereocenters. The summed E-state index contributed by atoms with van der Waals surface area (Å²) in [4.78, 5) is 14.2. The van der Waals surface area contributed by atoms with Crippen molar-refractivity contribution in [2.75, 3.05) is 6.61 Å². The van der Waals surface area contributed by atoms with Gasteiger partial charge in [0.2, 0.25) is 0 Å². The number of para-hydroxylation sites is 1. The van der Waals surface area contributed by atoms with Crippen LogP contribution in [0.2, 0.25) is 0 Å². The molecule has 6 nitrogen and oxygen atoms in total. The number of fused-ring (bicyclic) bond motifs is 1. The Morgan fingerprint density at radius 3 is 2.94 bits per heavy atom. The van der Waals surface area contributed by atoms with E-state index in [9.17, 15) is 15.2 Å². The molecular formula is C11H9N2O4-. The van der Waals surface area contributed by atoms with Crippen molar-refractivity contribution in [3.05, 3.63) is 50.5 Å². The molecule has 0 bridgehead atoms. The van der Waals surface area contributed by atoms with Gasteiger partial charge in [0.25, 0.3) is 5.69 Å². The number of nitrogens with zero attached hydrogens (tertiary/aromatic N) is 2. The molecule has 0 amide bonds. The lowest BCUT2D eigenvalue weighted by molar-refractivity contribution is -0.386. The average molecular weight is 233 g/mol. The normalized spacial score (nSPS) is 15.6. The summed E-state index contributed by atoms with van der Waals surface area (Å²) in [5, 5.41) is 23.0. The van der Waals surface area contributed by atoms with Crippen LogP contribution >= 0.6 is 0 Å². The van der Waals surface area contributed by atoms with Crippen LogP contribution in [0.15, 0.2) is 34.8 Å². The van der Waals surface area contributed by atoms with E-state index in [2.05, 4.69) is 4.99 Å². The summed E-state index contributed by atoms with van der Waals surface area (Å²) in [6, 6.07) is 4.57. The first-order chi connectivity index (χ1) is 8.13. The van der Waals surface area contributed by atoms with Gasteiger partial charge >= 0.3 is 0 Å². The third-order valence-electron chi connectivity index (χ3n) is 2.25. The number of hydrogen-bond acceptors (Lipinski definition) is 5. The maximum Gasteiger partial charge on any atom is 0.295 e. The Labute approximate surface area is 96.3 Å². The zero-order valence-electron chi connectivity index (χ0n) is 9.04. The van der Waals surface area contributed by atoms with Crippen LogP contribution in [0.1, 0.15) is 6.92 Å². The second-order valence-corrected chi connectivity index (χ2v) is 3.33. The molecule has 0 fully saturated rings. The van der Waals surface area contributed by atoms with Gasteiger partial charge in [0.15, 0.2) is 0 Å². The van der Waals surface area contributed by atoms with Gasteiger partial charge in [0.05, 0.1) is 16.6 Å². The molecule has 1 heterocycles. The summed E-state index contributed by atoms with van der Waals surface area (Å²) < 4.78 is 4.79. The van der Waals surface area contributed by atoms with Crippen LogP contribution in [0.4, 0.5) is 5.69 Å². The van der Waals surface area contributed by atoms with Crippen LogP contribution in [-0.2, 0) is 4.74 Å². The first-order valence-corrected chi connectivity index (χ1v) is 5.01. The van der Waals surface area contributed by atoms with Crippen LogP contribution in [0.25, 0.3) is 6.08 Å². The first kappa shape index (κ1) is 11.1. The lowest BCUT2D eigenvalue weighted by Crippen LogP contribution is -2.23. The zero-order valence-corrected chi connectivity index (χ0v) is 9.04. The Bertz CT molecular complexity index is 619. The minimum absolute atomic E-state index is 0.0937. The van der Waals surface area contributed by atoms with Crippen LogP contribution in [-0.4, -0.2) is 11.5 Å². The second kappa shape index (κ2) is 4.25. The number of hydrogen-bond donors (Lipinski definition) is 0. The van der Waals surface area contributed by atoms with Gasteiger partial charge in [-0.15, -0.1) is 0 Å². The molecule has 1 aliphatic heterocycles. The second-order valence-electron chi connectivity index (χ2n) is 3.33. The van der Waals surface area contributed by atoms with E-state index < -0.39 is 10.9 Å². The van der Waals surface area contributed by atoms with Crippen molar-refractivity contribution < 1.29 is 14.8 Å². The molecule has 0 aromatic heterocycles. The Hall–Kier alpha value is -2.37. The summed E-state index contributed by atoms with van der Waals surface area (Å²) in [6.45, 7) is 1.92. The standard InChI is InChI=1S/C11H10N2O4/c1-2-17-11(14)8-6-7-4-3-5-9(13(15)16)10(7)12-8/h3-6,14H,2H2,1H3/p-1. The number of nitro benzene ring substituents is 1. The summed E-state index contributed by atoms with van der Waals surface area (Å²) in [5.74, 6) is -0.571. The van der Waals surface area contributed by atoms with Crippen molar-refractivity contribution in [3.8, 4) is 0 Å². The monoisotopic (exact) mass is 233 g/mol. The molecule has 0 aliphatic carbocycles. The highest BCUT2D eigenvalue weighted by atomic mass is 16.6. The van der Waals surface area contributed by atoms with Gasteiger partial charge in [0.1, 0.15) is 5.36 Å². The molecule has 0 radical (unpaired) electrons. The first-order valence-electron chi connectivity index (χ1n) is 5.01. The molecule has 17 heavy (non-hydrogen) atoms. The van der Waals surface area contributed by atoms with Gasteiger partial charge in [-0.1, -0.05) is 19.1 Å². The van der Waals surface area contributed by atoms with E-state index in [1.54, 1.807) is 19.1 Å². The minimum atomic E-state index is -0.571. The van der Waals surface area contributed by atoms with Crippen molar-refractivity contribution in [1.29, 1.82) is 0 Å². The number of non-ortho nitro benzene ring substituents is 1. The number of allylic oxidation sites excluding steroid dienone is 1. The fraction of sp³-hybridized carbons (Fsp3) is 0.182. The van der Waals surface area contributed by atoms with Crippen molar-refractivity contribution in [2.45, 2.75) is 6.92 Å². The maximum absolute atomic E-state index is 11.4. The van der Waals surface area contributed by atoms with E-state index in [1.807, 2.05) is 0 Å². The lowest BCUT2D eigenvalue weighted by atomic mass is 10.2. The number of nitro groups is 1. The van der Waals surface area contributed by atoms with Crippen molar-refractivity contribution >= 4 is 11.8 Å². The Balaban J connectivity index is 2.62. The van der Waals surface area contributed by atoms with Gasteiger partial charge in [-0.3, -0.25) is 10.1 Å². The molecule has 0 spiro atoms. The molecule has 6 heteroatoms. The molecule has 2 rings (SSSR count). The molecule has 0 saturated carbocycles. The van der Waals surface area contributed by atoms with Gasteiger partial charge in [-0.2, -0.15) is 0 Å². The third-order valence-corrected chi connectivity index (χ3v) is 2.25. The molecule has 1 aromatic carbocycles. The summed E-state index contributed by atoms with van der Waals surface area (Å²) >= 11 is 0. The molecule has 1 aromatic rings. The highest BCUT2D eigenvalue weighted by molar-refractivity contribution is 5.52. The summed E-state index contributed by atoms with van der Waals surface area (Å²) in [7, 11) is 0. The van der Waals surface area contributed by atoms with E-state index in [-0.39, 0.29) is 23.3 Å². The summed E-state index contributed by atoms with van der Waals surface area (Å²) in [5.41, 5.74) is -0.0193. The highest BCUT2D eigenvalue weighted by Crippen LogP contribution is 2.09. The van der Waals surface area contributed by atoms with Crippen molar-refractivity contribution in [2.24, 2.45) is 4.99 Å². The zero-order chi connectivity index (χ0) is 12.4. The minimum Gasteiger partial charge on any atom is -0.612 e. The Morgan fingerprint density at radius 2 is 2.29 bits per heavy atom. The Morgan fingerprint density at radius 1 is 1.53 bits per heavy atom. The molecule has 0 N–H and O–H groups in total. The van der Waals surface area contributed by atoms with Crippen LogP contribution in [0.5, 0.6) is 0 Å². The number of benzene rings is 1. The fourth-order valence-corrected chi connectivity index (χ4v) is 1.54. The van der Waals surface area contributed by atoms with E-state index in [1.165, 1.54) is 12.1 Å². The SMILES string of the molecule is CCOC([O-])=C1C=c2cccc([N+](=O)[O-])c2=N1. The van der Waals surface area contributed by atoms with Crippen LogP contribution in [0.3, 0.4) is 0 Å². The fourth-order valence-electron chi connectivity index (χ4n) is 1.54. The highest BCUT2D eigenvalue weighted by Gasteiger charge is 2.13. The predicted molar refractivity (Wildman–Crippen MR) is 57.0 cm³/mol. The molecular weight excluding hydrogens is 224 g/mol. The quantitative estimate of drug-likeness (QED) is 0.403. The molecule has 0 saturated heterocycles. The van der Waals surface area contributed by atoms with Crippen molar-refractivity contribution in [3.63, 3.8) is 0 Å². The topological polar surface area (TPSA) is 87.8 Å². The van der Waals surface area contributed by atoms with Gasteiger partial charge in [0, 0.05) is 11.3 Å². The van der Waals surface area contributed by atoms with Gasteiger partial charge in [-0.25, -0.2) is 4.99 Å². The lowest BCUT2D eigenvalue weighted by Gasteiger charge is -2.12. The van der Waals surface area contributed by atoms with E-state index >= 15 is 0 Å². The van der Waals surface area contributed by atoms with Crippen molar-refractivity contribution in [1.82, 2.24) is 0 Å². The van der Waals surface area contributed by atoms with Gasteiger partial charge in [-0.05, 0) is 12.7 Å². The molecule has 1 aliphatic rings. The summed E-state index contributed by atoms with van der Waals surface area (Å²) in [6.07, 6.45) is 1.49. The number of ether oxygens (including phenoxy) is 1. The van der Waals surface area contributed by atoms with Crippen LogP contribution < -0.4 is 15.7 Å². The third kappa shape index (κ3) is 1.96. The van der Waals surface area contributed by atoms with Gasteiger partial charge < -0.3 is 9.84 Å². The predicted octanol–water partition coefficient (Wildman–Crippen LogP) is -0.426. The van der Waals surface area contributed by atoms with Crippen LogP contribution in [0, 0.1) is 10.1 Å². The molecule has 0 atom stereocenters. The van der Waals surface area contributed by atoms with E-state index in [0.717, 1.165) is 0 Å². The smallest absolute Gasteiger partial charge is 0.295 e. The number of rotatable bonds is 3. The maximum atomic E-state index is 11.4. The largest absolute Gasteiger partial charge is 0.612 e.